The molecule has 0 aromatic carbocycles. The zero-order valence-corrected chi connectivity index (χ0v) is 9.69. The number of hydrogen-bond donors (Lipinski definition) is 2. The van der Waals surface area contributed by atoms with Gasteiger partial charge < -0.3 is 5.73 Å². The summed E-state index contributed by atoms with van der Waals surface area (Å²) in [5.74, 6) is 0.850. The summed E-state index contributed by atoms with van der Waals surface area (Å²) in [6, 6.07) is 1.25. The summed E-state index contributed by atoms with van der Waals surface area (Å²) < 4.78 is 1.43. The van der Waals surface area contributed by atoms with E-state index in [1.165, 1.54) is 10.6 Å². The zero-order chi connectivity index (χ0) is 12.3. The highest BCUT2D eigenvalue weighted by atomic mass is 16.2. The molecule has 1 heterocycles. The normalized spacial score (nSPS) is 19.4. The van der Waals surface area contributed by atoms with Gasteiger partial charge in [-0.2, -0.15) is 0 Å². The van der Waals surface area contributed by atoms with Crippen molar-refractivity contribution in [1.29, 1.82) is 0 Å². The highest BCUT2D eigenvalue weighted by Gasteiger charge is 2.11. The molecule has 1 aliphatic rings. The van der Waals surface area contributed by atoms with Crippen LogP contribution in [0.25, 0.3) is 0 Å². The average Bonchev–Trinajstić information content (AvgIpc) is 2.29. The van der Waals surface area contributed by atoms with Crippen LogP contribution in [0.5, 0.6) is 0 Å². The van der Waals surface area contributed by atoms with Crippen molar-refractivity contribution in [3.05, 3.63) is 39.1 Å². The molecule has 1 aliphatic carbocycles. The molecular formula is C12H17N3O2. The summed E-state index contributed by atoms with van der Waals surface area (Å²) >= 11 is 0. The van der Waals surface area contributed by atoms with E-state index in [1.54, 1.807) is 0 Å². The quantitative estimate of drug-likeness (QED) is 0.763. The molecule has 0 amide bonds. The molecule has 1 unspecified atom stereocenters. The van der Waals surface area contributed by atoms with E-state index in [1.807, 2.05) is 0 Å². The molecule has 5 nitrogen and oxygen atoms in total. The predicted molar refractivity (Wildman–Crippen MR) is 66.8 cm³/mol. The first-order valence-electron chi connectivity index (χ1n) is 5.91. The number of anilines is 1. The third-order valence-electron chi connectivity index (χ3n) is 3.20. The molecule has 3 N–H and O–H groups in total. The monoisotopic (exact) mass is 235 g/mol. The molecule has 1 atom stereocenters. The van der Waals surface area contributed by atoms with Crippen molar-refractivity contribution in [3.8, 4) is 0 Å². The molecule has 1 aromatic heterocycles. The second kappa shape index (κ2) is 5.03. The van der Waals surface area contributed by atoms with E-state index in [-0.39, 0.29) is 5.82 Å². The Bertz CT molecular complexity index is 527. The highest BCUT2D eigenvalue weighted by molar-refractivity contribution is 5.25. The first-order chi connectivity index (χ1) is 8.16. The topological polar surface area (TPSA) is 80.9 Å². The standard InChI is InChI=1S/C12H17N3O2/c13-10-8-11(16)14-12(17)15(10)7-6-9-4-2-1-3-5-9/h1-2,8-9H,3-7,13H2,(H,14,16,17). The van der Waals surface area contributed by atoms with Crippen molar-refractivity contribution in [2.45, 2.75) is 32.2 Å². The van der Waals surface area contributed by atoms with Crippen LogP contribution >= 0.6 is 0 Å². The number of H-pyrrole nitrogens is 1. The Hall–Kier alpha value is -1.78. The molecule has 0 saturated heterocycles. The Balaban J connectivity index is 2.06. The third-order valence-corrected chi connectivity index (χ3v) is 3.20. The maximum absolute atomic E-state index is 11.5. The third kappa shape index (κ3) is 2.87. The van der Waals surface area contributed by atoms with Gasteiger partial charge in [0.05, 0.1) is 0 Å². The maximum atomic E-state index is 11.5. The molecular weight excluding hydrogens is 218 g/mol. The summed E-state index contributed by atoms with van der Waals surface area (Å²) in [6.45, 7) is 0.569. The molecule has 2 rings (SSSR count). The SMILES string of the molecule is Nc1cc(=O)[nH]c(=O)n1CCC1CC=CCC1. The molecule has 0 aliphatic heterocycles. The number of nitrogens with one attached hydrogen (secondary N) is 1. The fourth-order valence-corrected chi connectivity index (χ4v) is 2.20. The van der Waals surface area contributed by atoms with Crippen LogP contribution in [0.2, 0.25) is 0 Å². The Morgan fingerprint density at radius 3 is 2.88 bits per heavy atom. The van der Waals surface area contributed by atoms with Crippen LogP contribution in [0, 0.1) is 5.92 Å². The highest BCUT2D eigenvalue weighted by Crippen LogP contribution is 2.21. The maximum Gasteiger partial charge on any atom is 0.329 e. The van der Waals surface area contributed by atoms with Gasteiger partial charge in [-0.1, -0.05) is 12.2 Å². The van der Waals surface area contributed by atoms with Crippen LogP contribution in [-0.4, -0.2) is 9.55 Å². The lowest BCUT2D eigenvalue weighted by atomic mass is 9.91. The first kappa shape index (κ1) is 11.7. The minimum atomic E-state index is -0.440. The van der Waals surface area contributed by atoms with E-state index in [4.69, 9.17) is 5.73 Å². The van der Waals surface area contributed by atoms with Crippen molar-refractivity contribution in [3.63, 3.8) is 0 Å². The van der Waals surface area contributed by atoms with E-state index < -0.39 is 11.2 Å². The van der Waals surface area contributed by atoms with Crippen LogP contribution in [-0.2, 0) is 6.54 Å². The fourth-order valence-electron chi connectivity index (χ4n) is 2.20. The molecule has 92 valence electrons. The number of nitrogens with two attached hydrogens (primary N) is 1. The smallest absolute Gasteiger partial charge is 0.329 e. The summed E-state index contributed by atoms with van der Waals surface area (Å²) in [5.41, 5.74) is 4.81. The molecule has 5 heteroatoms. The van der Waals surface area contributed by atoms with Gasteiger partial charge in [-0.15, -0.1) is 0 Å². The minimum Gasteiger partial charge on any atom is -0.385 e. The van der Waals surface area contributed by atoms with Crippen LogP contribution in [0.1, 0.15) is 25.7 Å². The number of aromatic amines is 1. The average molecular weight is 235 g/mol. The number of aromatic nitrogens is 2. The van der Waals surface area contributed by atoms with Crippen LogP contribution in [0.4, 0.5) is 5.82 Å². The van der Waals surface area contributed by atoms with E-state index in [0.717, 1.165) is 25.7 Å². The number of hydrogen-bond acceptors (Lipinski definition) is 3. The van der Waals surface area contributed by atoms with Gasteiger partial charge in [0.15, 0.2) is 0 Å². The molecule has 17 heavy (non-hydrogen) atoms. The van der Waals surface area contributed by atoms with Crippen molar-refractivity contribution in [1.82, 2.24) is 9.55 Å². The number of nitrogens with zero attached hydrogens (tertiary/aromatic N) is 1. The second-order valence-corrected chi connectivity index (χ2v) is 4.45. The van der Waals surface area contributed by atoms with Crippen LogP contribution in [0.3, 0.4) is 0 Å². The minimum absolute atomic E-state index is 0.241. The number of rotatable bonds is 3. The molecule has 0 spiro atoms. The lowest BCUT2D eigenvalue weighted by Crippen LogP contribution is -2.31. The number of allylic oxidation sites excluding steroid dienone is 2. The Morgan fingerprint density at radius 2 is 2.24 bits per heavy atom. The van der Waals surface area contributed by atoms with Crippen LogP contribution in [0.15, 0.2) is 27.8 Å². The largest absolute Gasteiger partial charge is 0.385 e. The summed E-state index contributed by atoms with van der Waals surface area (Å²) in [5, 5.41) is 0. The van der Waals surface area contributed by atoms with E-state index in [0.29, 0.717) is 12.5 Å². The van der Waals surface area contributed by atoms with Gasteiger partial charge in [-0.3, -0.25) is 14.3 Å². The van der Waals surface area contributed by atoms with E-state index in [9.17, 15) is 9.59 Å². The lowest BCUT2D eigenvalue weighted by molar-refractivity contribution is 0.410. The van der Waals surface area contributed by atoms with Gasteiger partial charge in [-0.25, -0.2) is 4.79 Å². The molecule has 0 saturated carbocycles. The van der Waals surface area contributed by atoms with Crippen molar-refractivity contribution in [2.24, 2.45) is 5.92 Å². The fraction of sp³-hybridized carbons (Fsp3) is 0.500. The zero-order valence-electron chi connectivity index (χ0n) is 9.69. The second-order valence-electron chi connectivity index (χ2n) is 4.45. The van der Waals surface area contributed by atoms with E-state index >= 15 is 0 Å². The van der Waals surface area contributed by atoms with Crippen molar-refractivity contribution >= 4 is 5.82 Å². The molecule has 1 aromatic rings. The Kier molecular flexibility index (Phi) is 3.46. The Morgan fingerprint density at radius 1 is 1.41 bits per heavy atom. The van der Waals surface area contributed by atoms with Gasteiger partial charge in [0.25, 0.3) is 5.56 Å². The van der Waals surface area contributed by atoms with Gasteiger partial charge in [0, 0.05) is 12.6 Å². The predicted octanol–water partition coefficient (Wildman–Crippen LogP) is 0.865. The summed E-state index contributed by atoms with van der Waals surface area (Å²) in [7, 11) is 0. The van der Waals surface area contributed by atoms with Crippen LogP contribution < -0.4 is 17.0 Å². The summed E-state index contributed by atoms with van der Waals surface area (Å²) in [4.78, 5) is 24.8. The summed E-state index contributed by atoms with van der Waals surface area (Å²) in [6.07, 6.45) is 8.64. The van der Waals surface area contributed by atoms with Gasteiger partial charge in [0.2, 0.25) is 0 Å². The molecule has 0 bridgehead atoms. The molecule has 0 radical (unpaired) electrons. The van der Waals surface area contributed by atoms with Gasteiger partial charge in [0.1, 0.15) is 5.82 Å². The van der Waals surface area contributed by atoms with Gasteiger partial charge in [-0.05, 0) is 31.6 Å². The lowest BCUT2D eigenvalue weighted by Gasteiger charge is -2.18. The molecule has 0 fully saturated rings. The Labute approximate surface area is 99.0 Å². The van der Waals surface area contributed by atoms with Crippen molar-refractivity contribution < 1.29 is 0 Å². The first-order valence-corrected chi connectivity index (χ1v) is 5.91. The number of nitrogen functional groups attached to an aromatic ring is 1. The van der Waals surface area contributed by atoms with Crippen molar-refractivity contribution in [2.75, 3.05) is 5.73 Å². The van der Waals surface area contributed by atoms with Gasteiger partial charge >= 0.3 is 5.69 Å². The van der Waals surface area contributed by atoms with E-state index in [2.05, 4.69) is 17.1 Å².